The first kappa shape index (κ1) is 14.6. The third-order valence-corrected chi connectivity index (χ3v) is 3.69. The van der Waals surface area contributed by atoms with Crippen LogP contribution in [0.2, 0.25) is 0 Å². The van der Waals surface area contributed by atoms with E-state index in [0.29, 0.717) is 6.04 Å². The highest BCUT2D eigenvalue weighted by atomic mass is 16.5. The van der Waals surface area contributed by atoms with Crippen molar-refractivity contribution in [2.75, 3.05) is 14.2 Å². The van der Waals surface area contributed by atoms with E-state index in [0.717, 1.165) is 18.6 Å². The van der Waals surface area contributed by atoms with Gasteiger partial charge in [0.2, 0.25) is 0 Å². The summed E-state index contributed by atoms with van der Waals surface area (Å²) in [5.41, 5.74) is 3.83. The third-order valence-electron chi connectivity index (χ3n) is 3.69. The summed E-state index contributed by atoms with van der Waals surface area (Å²) in [4.78, 5) is 0. The first-order chi connectivity index (χ1) is 9.72. The molecule has 1 atom stereocenters. The van der Waals surface area contributed by atoms with Gasteiger partial charge in [-0.15, -0.1) is 0 Å². The van der Waals surface area contributed by atoms with Gasteiger partial charge in [-0.05, 0) is 55.6 Å². The lowest BCUT2D eigenvalue weighted by atomic mass is 9.99. The van der Waals surface area contributed by atoms with Gasteiger partial charge in [0.05, 0.1) is 7.11 Å². The summed E-state index contributed by atoms with van der Waals surface area (Å²) in [5, 5.41) is 3.28. The maximum absolute atomic E-state index is 5.29. The Balaban J connectivity index is 2.16. The van der Waals surface area contributed by atoms with E-state index in [-0.39, 0.29) is 0 Å². The van der Waals surface area contributed by atoms with E-state index < -0.39 is 0 Å². The van der Waals surface area contributed by atoms with E-state index in [1.807, 2.05) is 19.2 Å². The quantitative estimate of drug-likeness (QED) is 0.858. The Morgan fingerprint density at radius 1 is 1.05 bits per heavy atom. The topological polar surface area (TPSA) is 21.3 Å². The van der Waals surface area contributed by atoms with Gasteiger partial charge >= 0.3 is 0 Å². The number of hydrogen-bond acceptors (Lipinski definition) is 2. The average molecular weight is 269 g/mol. The summed E-state index contributed by atoms with van der Waals surface area (Å²) < 4.78 is 5.29. The molecular formula is C18H23NO. The summed E-state index contributed by atoms with van der Waals surface area (Å²) in [7, 11) is 3.71. The fourth-order valence-electron chi connectivity index (χ4n) is 2.24. The van der Waals surface area contributed by atoms with Gasteiger partial charge in [-0.25, -0.2) is 0 Å². The molecule has 0 saturated heterocycles. The minimum absolute atomic E-state index is 0.551. The van der Waals surface area contributed by atoms with Crippen molar-refractivity contribution < 1.29 is 4.74 Å². The highest BCUT2D eigenvalue weighted by Gasteiger charge is 2.03. The van der Waals surface area contributed by atoms with Gasteiger partial charge < -0.3 is 10.1 Å². The zero-order chi connectivity index (χ0) is 14.4. The van der Waals surface area contributed by atoms with Crippen LogP contribution in [-0.4, -0.2) is 20.2 Å². The molecule has 2 rings (SSSR count). The zero-order valence-corrected chi connectivity index (χ0v) is 12.5. The van der Waals surface area contributed by atoms with Crippen LogP contribution < -0.4 is 10.1 Å². The second kappa shape index (κ2) is 7.11. The van der Waals surface area contributed by atoms with E-state index in [4.69, 9.17) is 4.74 Å². The lowest BCUT2D eigenvalue weighted by Gasteiger charge is -2.11. The molecule has 0 heterocycles. The standard InChI is InChI=1S/C18H23NO/c1-14(19-2)10-11-15-6-4-7-16(12-15)17-8-5-9-18(13-17)20-3/h4-9,12-14,19H,10-11H2,1-3H3. The van der Waals surface area contributed by atoms with Gasteiger partial charge in [-0.1, -0.05) is 36.4 Å². The number of rotatable bonds is 6. The van der Waals surface area contributed by atoms with E-state index >= 15 is 0 Å². The number of hydrogen-bond donors (Lipinski definition) is 1. The largest absolute Gasteiger partial charge is 0.497 e. The molecule has 1 unspecified atom stereocenters. The summed E-state index contributed by atoms with van der Waals surface area (Å²) in [6.07, 6.45) is 2.25. The molecule has 0 saturated carbocycles. The summed E-state index contributed by atoms with van der Waals surface area (Å²) >= 11 is 0. The molecule has 1 N–H and O–H groups in total. The predicted octanol–water partition coefficient (Wildman–Crippen LogP) is 3.90. The zero-order valence-electron chi connectivity index (χ0n) is 12.5. The predicted molar refractivity (Wildman–Crippen MR) is 85.3 cm³/mol. The van der Waals surface area contributed by atoms with E-state index in [2.05, 4.69) is 48.6 Å². The molecule has 0 radical (unpaired) electrons. The van der Waals surface area contributed by atoms with Gasteiger partial charge in [0.1, 0.15) is 5.75 Å². The van der Waals surface area contributed by atoms with Crippen LogP contribution in [0.25, 0.3) is 11.1 Å². The lowest BCUT2D eigenvalue weighted by molar-refractivity contribution is 0.415. The van der Waals surface area contributed by atoms with Crippen LogP contribution >= 0.6 is 0 Å². The Morgan fingerprint density at radius 3 is 2.45 bits per heavy atom. The van der Waals surface area contributed by atoms with Crippen LogP contribution in [0.1, 0.15) is 18.9 Å². The SMILES string of the molecule is CNC(C)CCc1cccc(-c2cccc(OC)c2)c1. The maximum atomic E-state index is 5.29. The smallest absolute Gasteiger partial charge is 0.119 e. The third kappa shape index (κ3) is 3.84. The Bertz CT molecular complexity index is 551. The molecule has 0 fully saturated rings. The van der Waals surface area contributed by atoms with Crippen molar-refractivity contribution in [3.05, 3.63) is 54.1 Å². The van der Waals surface area contributed by atoms with Crippen LogP contribution in [0.4, 0.5) is 0 Å². The van der Waals surface area contributed by atoms with Crippen LogP contribution in [0, 0.1) is 0 Å². The number of methoxy groups -OCH3 is 1. The second-order valence-electron chi connectivity index (χ2n) is 5.16. The number of nitrogens with one attached hydrogen (secondary N) is 1. The van der Waals surface area contributed by atoms with Gasteiger partial charge in [0.15, 0.2) is 0 Å². The van der Waals surface area contributed by atoms with Gasteiger partial charge in [0.25, 0.3) is 0 Å². The molecular weight excluding hydrogens is 246 g/mol. The molecule has 2 nitrogen and oxygen atoms in total. The van der Waals surface area contributed by atoms with Gasteiger partial charge in [-0.3, -0.25) is 0 Å². The molecule has 2 aromatic rings. The minimum Gasteiger partial charge on any atom is -0.497 e. The van der Waals surface area contributed by atoms with Crippen molar-refractivity contribution in [3.8, 4) is 16.9 Å². The molecule has 0 spiro atoms. The first-order valence-corrected chi connectivity index (χ1v) is 7.13. The van der Waals surface area contributed by atoms with Crippen LogP contribution in [-0.2, 0) is 6.42 Å². The van der Waals surface area contributed by atoms with Crippen molar-refractivity contribution in [2.24, 2.45) is 0 Å². The highest BCUT2D eigenvalue weighted by molar-refractivity contribution is 5.65. The second-order valence-corrected chi connectivity index (χ2v) is 5.16. The van der Waals surface area contributed by atoms with Crippen LogP contribution in [0.15, 0.2) is 48.5 Å². The van der Waals surface area contributed by atoms with Crippen molar-refractivity contribution >= 4 is 0 Å². The average Bonchev–Trinajstić information content (AvgIpc) is 2.53. The number of ether oxygens (including phenoxy) is 1. The Kier molecular flexibility index (Phi) is 5.19. The van der Waals surface area contributed by atoms with E-state index in [1.165, 1.54) is 16.7 Å². The summed E-state index contributed by atoms with van der Waals surface area (Å²) in [6, 6.07) is 17.5. The van der Waals surface area contributed by atoms with Gasteiger partial charge in [0, 0.05) is 6.04 Å². The molecule has 2 heteroatoms. The maximum Gasteiger partial charge on any atom is 0.119 e. The highest BCUT2D eigenvalue weighted by Crippen LogP contribution is 2.24. The Hall–Kier alpha value is -1.80. The lowest BCUT2D eigenvalue weighted by Crippen LogP contribution is -2.21. The van der Waals surface area contributed by atoms with Crippen LogP contribution in [0.3, 0.4) is 0 Å². The fourth-order valence-corrected chi connectivity index (χ4v) is 2.24. The van der Waals surface area contributed by atoms with Crippen molar-refractivity contribution in [1.82, 2.24) is 5.32 Å². The number of benzene rings is 2. The summed E-state index contributed by atoms with van der Waals surface area (Å²) in [5.74, 6) is 0.900. The monoisotopic (exact) mass is 269 g/mol. The normalized spacial score (nSPS) is 12.2. The molecule has 106 valence electrons. The molecule has 0 bridgehead atoms. The molecule has 0 aliphatic heterocycles. The van der Waals surface area contributed by atoms with Crippen molar-refractivity contribution in [3.63, 3.8) is 0 Å². The minimum atomic E-state index is 0.551. The van der Waals surface area contributed by atoms with Crippen LogP contribution in [0.5, 0.6) is 5.75 Å². The number of aryl methyl sites for hydroxylation is 1. The van der Waals surface area contributed by atoms with E-state index in [9.17, 15) is 0 Å². The molecule has 2 aromatic carbocycles. The fraction of sp³-hybridized carbons (Fsp3) is 0.333. The summed E-state index contributed by atoms with van der Waals surface area (Å²) in [6.45, 7) is 2.21. The molecule has 20 heavy (non-hydrogen) atoms. The molecule has 0 aliphatic rings. The molecule has 0 amide bonds. The Labute approximate surface area is 121 Å². The molecule has 0 aromatic heterocycles. The van der Waals surface area contributed by atoms with E-state index in [1.54, 1.807) is 7.11 Å². The molecule has 0 aliphatic carbocycles. The van der Waals surface area contributed by atoms with Crippen molar-refractivity contribution in [1.29, 1.82) is 0 Å². The first-order valence-electron chi connectivity index (χ1n) is 7.13. The van der Waals surface area contributed by atoms with Gasteiger partial charge in [-0.2, -0.15) is 0 Å². The van der Waals surface area contributed by atoms with Crippen molar-refractivity contribution in [2.45, 2.75) is 25.8 Å². The Morgan fingerprint density at radius 2 is 1.75 bits per heavy atom.